The average Bonchev–Trinajstić information content (AvgIpc) is 3.25. The summed E-state index contributed by atoms with van der Waals surface area (Å²) < 4.78 is 11.5. The number of thiazole rings is 1. The molecule has 0 atom stereocenters. The summed E-state index contributed by atoms with van der Waals surface area (Å²) in [6, 6.07) is 5.85. The molecule has 10 heteroatoms. The van der Waals surface area contributed by atoms with Crippen LogP contribution in [0.25, 0.3) is 0 Å². The Bertz CT molecular complexity index is 915. The Kier molecular flexibility index (Phi) is 9.04. The summed E-state index contributed by atoms with van der Waals surface area (Å²) in [6.45, 7) is 0.581. The van der Waals surface area contributed by atoms with Crippen molar-refractivity contribution in [3.05, 3.63) is 30.0 Å². The molecule has 1 aromatic carbocycles. The van der Waals surface area contributed by atoms with Crippen molar-refractivity contribution in [3.8, 4) is 11.5 Å². The monoisotopic (exact) mass is 479 g/mol. The lowest BCUT2D eigenvalue weighted by atomic mass is 9.94. The van der Waals surface area contributed by atoms with Crippen molar-refractivity contribution in [2.24, 2.45) is 0 Å². The zero-order valence-corrected chi connectivity index (χ0v) is 20.0. The second kappa shape index (κ2) is 12.0. The third-order valence-corrected chi connectivity index (χ3v) is 7.49. The van der Waals surface area contributed by atoms with Gasteiger partial charge in [0.05, 0.1) is 30.4 Å². The Hall–Kier alpha value is -2.46. The second-order valence-electron chi connectivity index (χ2n) is 7.52. The van der Waals surface area contributed by atoms with Crippen LogP contribution in [-0.4, -0.2) is 59.5 Å². The number of carboxylic acid groups (broad SMARTS) is 1. The average molecular weight is 480 g/mol. The van der Waals surface area contributed by atoms with Gasteiger partial charge in [-0.25, -0.2) is 9.78 Å². The SMILES string of the molecule is COc1ccc(CCN(C(=O)Nc2ncc(SCC(=O)O)s2)C2CCCCC2)cc1OC. The number of amides is 2. The molecule has 0 spiro atoms. The molecule has 0 radical (unpaired) electrons. The van der Waals surface area contributed by atoms with Crippen LogP contribution in [0.15, 0.2) is 28.6 Å². The molecule has 0 unspecified atom stereocenters. The van der Waals surface area contributed by atoms with Crippen LogP contribution in [0, 0.1) is 0 Å². The second-order valence-corrected chi connectivity index (χ2v) is 9.83. The lowest BCUT2D eigenvalue weighted by Crippen LogP contribution is -2.45. The number of aromatic nitrogens is 1. The zero-order chi connectivity index (χ0) is 22.9. The standard InChI is InChI=1S/C22H29N3O5S2/c1-29-17-9-8-15(12-18(17)30-2)10-11-25(16-6-4-3-5-7-16)22(28)24-21-23-13-20(32-21)31-14-19(26)27/h8-9,12-13,16H,3-7,10-11,14H2,1-2H3,(H,26,27)(H,23,24,28). The van der Waals surface area contributed by atoms with Gasteiger partial charge < -0.3 is 19.5 Å². The number of anilines is 1. The number of carbonyl (C=O) groups is 2. The fraction of sp³-hybridized carbons (Fsp3) is 0.500. The van der Waals surface area contributed by atoms with Gasteiger partial charge in [0, 0.05) is 12.6 Å². The van der Waals surface area contributed by atoms with E-state index in [1.165, 1.54) is 29.5 Å². The Morgan fingerprint density at radius 2 is 1.97 bits per heavy atom. The van der Waals surface area contributed by atoms with Crippen LogP contribution in [0.1, 0.15) is 37.7 Å². The molecule has 32 heavy (non-hydrogen) atoms. The van der Waals surface area contributed by atoms with Crippen LogP contribution in [0.2, 0.25) is 0 Å². The Labute approximate surface area is 196 Å². The summed E-state index contributed by atoms with van der Waals surface area (Å²) in [6.07, 6.45) is 7.74. The number of methoxy groups -OCH3 is 2. The van der Waals surface area contributed by atoms with Gasteiger partial charge in [0.1, 0.15) is 0 Å². The number of thioether (sulfide) groups is 1. The summed E-state index contributed by atoms with van der Waals surface area (Å²) in [5.41, 5.74) is 1.07. The minimum atomic E-state index is -0.882. The van der Waals surface area contributed by atoms with E-state index >= 15 is 0 Å². The number of benzene rings is 1. The third kappa shape index (κ3) is 6.77. The maximum absolute atomic E-state index is 13.2. The number of hydrogen-bond acceptors (Lipinski definition) is 7. The van der Waals surface area contributed by atoms with Gasteiger partial charge in [-0.1, -0.05) is 36.7 Å². The van der Waals surface area contributed by atoms with Gasteiger partial charge in [-0.2, -0.15) is 0 Å². The maximum atomic E-state index is 13.2. The number of nitrogens with zero attached hydrogens (tertiary/aromatic N) is 2. The van der Waals surface area contributed by atoms with E-state index in [0.717, 1.165) is 35.5 Å². The van der Waals surface area contributed by atoms with Crippen molar-refractivity contribution in [1.29, 1.82) is 0 Å². The highest BCUT2D eigenvalue weighted by molar-refractivity contribution is 8.01. The van der Waals surface area contributed by atoms with Crippen molar-refractivity contribution in [2.75, 3.05) is 31.8 Å². The molecule has 8 nitrogen and oxygen atoms in total. The van der Waals surface area contributed by atoms with Gasteiger partial charge in [0.25, 0.3) is 0 Å². The Morgan fingerprint density at radius 1 is 1.22 bits per heavy atom. The van der Waals surface area contributed by atoms with Crippen molar-refractivity contribution in [3.63, 3.8) is 0 Å². The van der Waals surface area contributed by atoms with Crippen molar-refractivity contribution in [1.82, 2.24) is 9.88 Å². The van der Waals surface area contributed by atoms with Crippen LogP contribution < -0.4 is 14.8 Å². The number of carbonyl (C=O) groups excluding carboxylic acids is 1. The molecule has 2 aromatic rings. The van der Waals surface area contributed by atoms with E-state index in [4.69, 9.17) is 14.6 Å². The molecule has 1 saturated carbocycles. The van der Waals surface area contributed by atoms with Gasteiger partial charge in [0.2, 0.25) is 0 Å². The molecule has 2 N–H and O–H groups in total. The van der Waals surface area contributed by atoms with Gasteiger partial charge in [0.15, 0.2) is 16.6 Å². The predicted molar refractivity (Wildman–Crippen MR) is 126 cm³/mol. The molecule has 174 valence electrons. The van der Waals surface area contributed by atoms with E-state index in [1.807, 2.05) is 23.1 Å². The van der Waals surface area contributed by atoms with Crippen LogP contribution >= 0.6 is 23.1 Å². The first-order valence-corrected chi connectivity index (χ1v) is 12.4. The number of carboxylic acids is 1. The van der Waals surface area contributed by atoms with E-state index in [0.29, 0.717) is 29.6 Å². The molecule has 0 bridgehead atoms. The van der Waals surface area contributed by atoms with Crippen molar-refractivity contribution in [2.45, 2.75) is 48.8 Å². The lowest BCUT2D eigenvalue weighted by Gasteiger charge is -2.34. The predicted octanol–water partition coefficient (Wildman–Crippen LogP) is 4.75. The first-order chi connectivity index (χ1) is 15.5. The molecule has 1 fully saturated rings. The lowest BCUT2D eigenvalue weighted by molar-refractivity contribution is -0.133. The van der Waals surface area contributed by atoms with Gasteiger partial charge >= 0.3 is 12.0 Å². The quantitative estimate of drug-likeness (QED) is 0.474. The van der Waals surface area contributed by atoms with Gasteiger partial charge in [-0.3, -0.25) is 10.1 Å². The summed E-state index contributed by atoms with van der Waals surface area (Å²) in [5.74, 6) is 0.439. The van der Waals surface area contributed by atoms with Crippen molar-refractivity contribution >= 4 is 40.2 Å². The van der Waals surface area contributed by atoms with E-state index < -0.39 is 5.97 Å². The van der Waals surface area contributed by atoms with Crippen LogP contribution in [0.5, 0.6) is 11.5 Å². The van der Waals surface area contributed by atoms with Crippen LogP contribution in [0.4, 0.5) is 9.93 Å². The van der Waals surface area contributed by atoms with E-state index in [-0.39, 0.29) is 17.8 Å². The highest BCUT2D eigenvalue weighted by Gasteiger charge is 2.26. The maximum Gasteiger partial charge on any atom is 0.323 e. The first kappa shape index (κ1) is 24.2. The molecule has 2 amide bonds. The molecule has 0 aliphatic heterocycles. The molecule has 1 heterocycles. The summed E-state index contributed by atoms with van der Waals surface area (Å²) >= 11 is 2.49. The summed E-state index contributed by atoms with van der Waals surface area (Å²) in [7, 11) is 3.22. The Balaban J connectivity index is 1.67. The fourth-order valence-electron chi connectivity index (χ4n) is 3.81. The van der Waals surface area contributed by atoms with Crippen LogP contribution in [0.3, 0.4) is 0 Å². The largest absolute Gasteiger partial charge is 0.493 e. The highest BCUT2D eigenvalue weighted by Crippen LogP contribution is 2.30. The minimum Gasteiger partial charge on any atom is -0.493 e. The van der Waals surface area contributed by atoms with Crippen molar-refractivity contribution < 1.29 is 24.2 Å². The smallest absolute Gasteiger partial charge is 0.323 e. The normalized spacial score (nSPS) is 14.1. The number of urea groups is 1. The first-order valence-electron chi connectivity index (χ1n) is 10.6. The zero-order valence-electron chi connectivity index (χ0n) is 18.3. The van der Waals surface area contributed by atoms with Gasteiger partial charge in [-0.05, 0) is 37.0 Å². The minimum absolute atomic E-state index is 0.0326. The van der Waals surface area contributed by atoms with Crippen LogP contribution in [-0.2, 0) is 11.2 Å². The number of nitrogens with one attached hydrogen (secondary N) is 1. The number of aliphatic carboxylic acids is 1. The number of ether oxygens (including phenoxy) is 2. The molecular weight excluding hydrogens is 450 g/mol. The molecule has 1 aliphatic carbocycles. The molecule has 1 aromatic heterocycles. The van der Waals surface area contributed by atoms with Gasteiger partial charge in [-0.15, -0.1) is 11.8 Å². The third-order valence-electron chi connectivity index (χ3n) is 5.40. The molecular formula is C22H29N3O5S2. The topological polar surface area (TPSA) is 101 Å². The Morgan fingerprint density at radius 3 is 2.66 bits per heavy atom. The van der Waals surface area contributed by atoms with E-state index in [1.54, 1.807) is 20.4 Å². The summed E-state index contributed by atoms with van der Waals surface area (Å²) in [5, 5.41) is 12.2. The molecule has 3 rings (SSSR count). The highest BCUT2D eigenvalue weighted by atomic mass is 32.2. The molecule has 0 saturated heterocycles. The number of rotatable bonds is 10. The summed E-state index contributed by atoms with van der Waals surface area (Å²) in [4.78, 5) is 30.1. The number of hydrogen-bond donors (Lipinski definition) is 2. The van der Waals surface area contributed by atoms with E-state index in [9.17, 15) is 9.59 Å². The molecule has 1 aliphatic rings. The van der Waals surface area contributed by atoms with E-state index in [2.05, 4.69) is 10.3 Å². The fourth-order valence-corrected chi connectivity index (χ4v) is 5.39.